The van der Waals surface area contributed by atoms with Gasteiger partial charge in [-0.1, -0.05) is 22.9 Å². The Morgan fingerprint density at radius 1 is 1.43 bits per heavy atom. The van der Waals surface area contributed by atoms with Gasteiger partial charge in [-0.15, -0.1) is 11.3 Å². The summed E-state index contributed by atoms with van der Waals surface area (Å²) in [5.74, 6) is -0.260. The molecule has 0 aliphatic rings. The molecule has 0 aliphatic carbocycles. The maximum absolute atomic E-state index is 14.0. The molecule has 0 atom stereocenters. The highest BCUT2D eigenvalue weighted by molar-refractivity contribution is 9.10. The third kappa shape index (κ3) is 4.32. The number of thiazole rings is 1. The molecule has 1 N–H and O–H groups in total. The van der Waals surface area contributed by atoms with Crippen LogP contribution in [0.2, 0.25) is 0 Å². The third-order valence-corrected chi connectivity index (χ3v) is 4.55. The van der Waals surface area contributed by atoms with Gasteiger partial charge >= 0.3 is 0 Å². The van der Waals surface area contributed by atoms with Gasteiger partial charge in [0.15, 0.2) is 0 Å². The van der Waals surface area contributed by atoms with Crippen LogP contribution in [0.1, 0.15) is 23.9 Å². The predicted molar refractivity (Wildman–Crippen MR) is 87.9 cm³/mol. The fraction of sp³-hybridized carbons (Fsp3) is 0.400. The van der Waals surface area contributed by atoms with Crippen LogP contribution in [-0.2, 0) is 17.9 Å². The summed E-state index contributed by atoms with van der Waals surface area (Å²) < 4.78 is 20.0. The van der Waals surface area contributed by atoms with E-state index in [0.29, 0.717) is 17.2 Å². The Morgan fingerprint density at radius 2 is 2.24 bits per heavy atom. The van der Waals surface area contributed by atoms with Crippen molar-refractivity contribution in [3.8, 4) is 10.6 Å². The molecule has 1 aromatic carbocycles. The highest BCUT2D eigenvalue weighted by Crippen LogP contribution is 2.32. The van der Waals surface area contributed by atoms with Gasteiger partial charge in [-0.25, -0.2) is 9.37 Å². The normalized spacial score (nSPS) is 11.0. The second kappa shape index (κ2) is 7.98. The predicted octanol–water partition coefficient (Wildman–Crippen LogP) is 4.36. The number of methoxy groups -OCH3 is 1. The molecule has 21 heavy (non-hydrogen) atoms. The first kappa shape index (κ1) is 16.5. The summed E-state index contributed by atoms with van der Waals surface area (Å²) in [6.45, 7) is 4.25. The zero-order chi connectivity index (χ0) is 15.2. The van der Waals surface area contributed by atoms with Crippen molar-refractivity contribution in [1.82, 2.24) is 10.3 Å². The molecule has 0 spiro atoms. The lowest BCUT2D eigenvalue weighted by molar-refractivity contribution is 0.181. The molecule has 0 aliphatic heterocycles. The lowest BCUT2D eigenvalue weighted by Crippen LogP contribution is -2.14. The summed E-state index contributed by atoms with van der Waals surface area (Å²) in [6.07, 6.45) is 1.07. The Hall–Kier alpha value is -0.820. The number of aromatic nitrogens is 1. The highest BCUT2D eigenvalue weighted by atomic mass is 79.9. The van der Waals surface area contributed by atoms with Crippen molar-refractivity contribution in [1.29, 1.82) is 0 Å². The van der Waals surface area contributed by atoms with E-state index in [1.807, 2.05) is 0 Å². The topological polar surface area (TPSA) is 34.2 Å². The molecule has 0 saturated carbocycles. The molecule has 0 saturated heterocycles. The quantitative estimate of drug-likeness (QED) is 0.733. The van der Waals surface area contributed by atoms with E-state index < -0.39 is 0 Å². The third-order valence-electron chi connectivity index (χ3n) is 2.93. The number of nitrogens with one attached hydrogen (secondary N) is 1. The standard InChI is InChI=1S/C15H18BrFN2OS/c1-3-6-18-8-14-13(9-20-2)19-15(21-14)11-7-10(16)4-5-12(11)17/h4-5,7,18H,3,6,8-9H2,1-2H3. The van der Waals surface area contributed by atoms with Gasteiger partial charge in [0.1, 0.15) is 10.8 Å². The van der Waals surface area contributed by atoms with Gasteiger partial charge in [0, 0.05) is 28.6 Å². The largest absolute Gasteiger partial charge is 0.378 e. The number of halogens is 2. The zero-order valence-electron chi connectivity index (χ0n) is 12.1. The smallest absolute Gasteiger partial charge is 0.133 e. The second-order valence-corrected chi connectivity index (χ2v) is 6.62. The van der Waals surface area contributed by atoms with Crippen molar-refractivity contribution in [3.63, 3.8) is 0 Å². The highest BCUT2D eigenvalue weighted by Gasteiger charge is 2.15. The van der Waals surface area contributed by atoms with Crippen molar-refractivity contribution in [3.05, 3.63) is 39.1 Å². The van der Waals surface area contributed by atoms with E-state index in [2.05, 4.69) is 33.2 Å². The number of nitrogens with zero attached hydrogens (tertiary/aromatic N) is 1. The number of benzene rings is 1. The van der Waals surface area contributed by atoms with Crippen LogP contribution in [0.3, 0.4) is 0 Å². The summed E-state index contributed by atoms with van der Waals surface area (Å²) >= 11 is 4.89. The van der Waals surface area contributed by atoms with E-state index in [4.69, 9.17) is 4.74 Å². The first-order valence-corrected chi connectivity index (χ1v) is 8.40. The van der Waals surface area contributed by atoms with Crippen molar-refractivity contribution in [2.75, 3.05) is 13.7 Å². The van der Waals surface area contributed by atoms with Crippen molar-refractivity contribution < 1.29 is 9.13 Å². The molecule has 2 rings (SSSR count). The van der Waals surface area contributed by atoms with E-state index in [1.54, 1.807) is 19.2 Å². The molecule has 6 heteroatoms. The Bertz CT molecular complexity index is 603. The first-order chi connectivity index (χ1) is 10.2. The van der Waals surface area contributed by atoms with Crippen LogP contribution in [0, 0.1) is 5.82 Å². The van der Waals surface area contributed by atoms with Gasteiger partial charge in [-0.3, -0.25) is 0 Å². The van der Waals surface area contributed by atoms with Gasteiger partial charge in [0.05, 0.1) is 12.3 Å². The van der Waals surface area contributed by atoms with Crippen LogP contribution in [0.4, 0.5) is 4.39 Å². The minimum atomic E-state index is -0.260. The lowest BCUT2D eigenvalue weighted by atomic mass is 10.2. The van der Waals surface area contributed by atoms with E-state index in [0.717, 1.165) is 34.6 Å². The minimum Gasteiger partial charge on any atom is -0.378 e. The van der Waals surface area contributed by atoms with Crippen molar-refractivity contribution in [2.24, 2.45) is 0 Å². The average Bonchev–Trinajstić information content (AvgIpc) is 2.85. The van der Waals surface area contributed by atoms with Gasteiger partial charge in [0.2, 0.25) is 0 Å². The Kier molecular flexibility index (Phi) is 6.29. The first-order valence-electron chi connectivity index (χ1n) is 6.79. The summed E-state index contributed by atoms with van der Waals surface area (Å²) in [5.41, 5.74) is 1.40. The molecule has 0 amide bonds. The molecule has 1 heterocycles. The molecule has 0 bridgehead atoms. The van der Waals surface area contributed by atoms with Crippen LogP contribution >= 0.6 is 27.3 Å². The monoisotopic (exact) mass is 372 g/mol. The number of hydrogen-bond acceptors (Lipinski definition) is 4. The maximum atomic E-state index is 14.0. The van der Waals surface area contributed by atoms with Gasteiger partial charge in [0.25, 0.3) is 0 Å². The Morgan fingerprint density at radius 3 is 2.95 bits per heavy atom. The summed E-state index contributed by atoms with van der Waals surface area (Å²) in [6, 6.07) is 4.89. The summed E-state index contributed by atoms with van der Waals surface area (Å²) in [7, 11) is 1.64. The van der Waals surface area contributed by atoms with Gasteiger partial charge in [-0.05, 0) is 31.2 Å². The van der Waals surface area contributed by atoms with E-state index in [-0.39, 0.29) is 5.82 Å². The number of hydrogen-bond donors (Lipinski definition) is 1. The molecule has 1 aromatic heterocycles. The molecule has 0 unspecified atom stereocenters. The van der Waals surface area contributed by atoms with E-state index >= 15 is 0 Å². The number of ether oxygens (including phenoxy) is 1. The fourth-order valence-electron chi connectivity index (χ4n) is 1.93. The average molecular weight is 373 g/mol. The molecule has 3 nitrogen and oxygen atoms in total. The SMILES string of the molecule is CCCNCc1sc(-c2cc(Br)ccc2F)nc1COC. The molecule has 0 radical (unpaired) electrons. The Balaban J connectivity index is 2.31. The molecule has 0 fully saturated rings. The molecular weight excluding hydrogens is 355 g/mol. The van der Waals surface area contributed by atoms with Crippen molar-refractivity contribution >= 4 is 27.3 Å². The van der Waals surface area contributed by atoms with Crippen molar-refractivity contribution in [2.45, 2.75) is 26.5 Å². The second-order valence-electron chi connectivity index (χ2n) is 4.62. The number of rotatable bonds is 7. The molecule has 2 aromatic rings. The van der Waals surface area contributed by atoms with Gasteiger partial charge in [-0.2, -0.15) is 0 Å². The van der Waals surface area contributed by atoms with Crippen LogP contribution in [0.5, 0.6) is 0 Å². The Labute approximate surface area is 136 Å². The molecular formula is C15H18BrFN2OS. The van der Waals surface area contributed by atoms with Crippen LogP contribution in [0.25, 0.3) is 10.6 Å². The minimum absolute atomic E-state index is 0.260. The van der Waals surface area contributed by atoms with E-state index in [9.17, 15) is 4.39 Å². The zero-order valence-corrected chi connectivity index (χ0v) is 14.5. The summed E-state index contributed by atoms with van der Waals surface area (Å²) in [5, 5.41) is 4.04. The maximum Gasteiger partial charge on any atom is 0.133 e. The summed E-state index contributed by atoms with van der Waals surface area (Å²) in [4.78, 5) is 5.64. The van der Waals surface area contributed by atoms with Gasteiger partial charge < -0.3 is 10.1 Å². The van der Waals surface area contributed by atoms with E-state index in [1.165, 1.54) is 17.4 Å². The van der Waals surface area contributed by atoms with Crippen LogP contribution in [-0.4, -0.2) is 18.6 Å². The fourth-order valence-corrected chi connectivity index (χ4v) is 3.34. The van der Waals surface area contributed by atoms with Crippen LogP contribution in [0.15, 0.2) is 22.7 Å². The van der Waals surface area contributed by atoms with Crippen LogP contribution < -0.4 is 5.32 Å². The molecule has 114 valence electrons. The lowest BCUT2D eigenvalue weighted by Gasteiger charge is -2.02.